The quantitative estimate of drug-likeness (QED) is 0.703. The van der Waals surface area contributed by atoms with Crippen LogP contribution in [0.5, 0.6) is 5.75 Å². The van der Waals surface area contributed by atoms with Gasteiger partial charge in [0.25, 0.3) is 0 Å². The molecule has 1 saturated heterocycles. The molecule has 26 heavy (non-hydrogen) atoms. The van der Waals surface area contributed by atoms with Gasteiger partial charge in [-0.3, -0.25) is 0 Å². The number of aryl methyl sites for hydroxylation is 1. The molecule has 0 bridgehead atoms. The van der Waals surface area contributed by atoms with Crippen LogP contribution < -0.4 is 4.74 Å². The molecular weight excluding hydrogens is 328 g/mol. The van der Waals surface area contributed by atoms with Crippen LogP contribution in [0.15, 0.2) is 61.2 Å². The second-order valence-electron chi connectivity index (χ2n) is 6.44. The van der Waals surface area contributed by atoms with Crippen molar-refractivity contribution >= 4 is 0 Å². The zero-order chi connectivity index (χ0) is 18.0. The first-order valence-corrected chi connectivity index (χ1v) is 8.69. The summed E-state index contributed by atoms with van der Waals surface area (Å²) >= 11 is 0. The van der Waals surface area contributed by atoms with E-state index in [-0.39, 0.29) is 0 Å². The summed E-state index contributed by atoms with van der Waals surface area (Å²) in [6.07, 6.45) is 5.48. The molecule has 0 amide bonds. The number of hydrogen-bond acceptors (Lipinski definition) is 4. The lowest BCUT2D eigenvalue weighted by molar-refractivity contribution is -0.176. The molecule has 5 nitrogen and oxygen atoms in total. The monoisotopic (exact) mass is 350 g/mol. The Labute approximate surface area is 153 Å². The van der Waals surface area contributed by atoms with Crippen LogP contribution in [0.2, 0.25) is 0 Å². The summed E-state index contributed by atoms with van der Waals surface area (Å²) in [6, 6.07) is 14.5. The van der Waals surface area contributed by atoms with Crippen LogP contribution in [-0.2, 0) is 21.8 Å². The van der Waals surface area contributed by atoms with Crippen LogP contribution in [0, 0.1) is 6.92 Å². The molecule has 0 saturated carbocycles. The smallest absolute Gasteiger partial charge is 0.213 e. The molecule has 0 spiro atoms. The highest BCUT2D eigenvalue weighted by molar-refractivity contribution is 5.65. The van der Waals surface area contributed by atoms with Crippen LogP contribution in [0.4, 0.5) is 0 Å². The molecule has 0 radical (unpaired) electrons. The standard InChI is InChI=1S/C21H22N2O3/c1-16-13-18(17-3-6-19(24-2)7-4-17)5-8-20(16)21(25-11-12-26-21)14-23-10-9-22-15-23/h3-10,13,15H,11-12,14H2,1-2H3. The van der Waals surface area contributed by atoms with E-state index in [1.54, 1.807) is 19.6 Å². The molecule has 3 aromatic rings. The van der Waals surface area contributed by atoms with Gasteiger partial charge in [-0.1, -0.05) is 30.3 Å². The lowest BCUT2D eigenvalue weighted by Crippen LogP contribution is -2.33. The van der Waals surface area contributed by atoms with Gasteiger partial charge in [-0.15, -0.1) is 0 Å². The minimum atomic E-state index is -0.761. The summed E-state index contributed by atoms with van der Waals surface area (Å²) in [6.45, 7) is 3.86. The van der Waals surface area contributed by atoms with E-state index in [9.17, 15) is 0 Å². The van der Waals surface area contributed by atoms with Gasteiger partial charge in [0.1, 0.15) is 5.75 Å². The van der Waals surface area contributed by atoms with Gasteiger partial charge in [0.2, 0.25) is 5.79 Å². The van der Waals surface area contributed by atoms with Crippen molar-refractivity contribution in [2.75, 3.05) is 20.3 Å². The molecule has 1 aromatic heterocycles. The van der Waals surface area contributed by atoms with E-state index in [0.29, 0.717) is 19.8 Å². The first-order valence-electron chi connectivity index (χ1n) is 8.69. The molecule has 1 fully saturated rings. The van der Waals surface area contributed by atoms with Gasteiger partial charge in [-0.25, -0.2) is 4.98 Å². The minimum Gasteiger partial charge on any atom is -0.497 e. The van der Waals surface area contributed by atoms with Gasteiger partial charge in [0, 0.05) is 18.0 Å². The van der Waals surface area contributed by atoms with Crippen molar-refractivity contribution in [1.29, 1.82) is 0 Å². The highest BCUT2D eigenvalue weighted by Gasteiger charge is 2.40. The number of benzene rings is 2. The van der Waals surface area contributed by atoms with Crippen LogP contribution in [0.25, 0.3) is 11.1 Å². The third-order valence-electron chi connectivity index (χ3n) is 4.76. The Morgan fingerprint density at radius 3 is 2.42 bits per heavy atom. The SMILES string of the molecule is COc1ccc(-c2ccc(C3(Cn4ccnc4)OCCO3)c(C)c2)cc1. The second-order valence-corrected chi connectivity index (χ2v) is 6.44. The van der Waals surface area contributed by atoms with E-state index in [4.69, 9.17) is 14.2 Å². The highest BCUT2D eigenvalue weighted by Crippen LogP contribution is 2.37. The number of hydrogen-bond donors (Lipinski definition) is 0. The van der Waals surface area contributed by atoms with Crippen LogP contribution >= 0.6 is 0 Å². The first-order chi connectivity index (χ1) is 12.7. The van der Waals surface area contributed by atoms with Gasteiger partial charge in [0.05, 0.1) is 33.2 Å². The summed E-state index contributed by atoms with van der Waals surface area (Å²) in [5.74, 6) is 0.0950. The molecule has 0 atom stereocenters. The van der Waals surface area contributed by atoms with Crippen molar-refractivity contribution in [3.63, 3.8) is 0 Å². The third kappa shape index (κ3) is 3.11. The van der Waals surface area contributed by atoms with Gasteiger partial charge in [0.15, 0.2) is 0 Å². The maximum Gasteiger partial charge on any atom is 0.213 e. The summed E-state index contributed by atoms with van der Waals surface area (Å²) in [7, 11) is 1.68. The van der Waals surface area contributed by atoms with Crippen LogP contribution in [0.1, 0.15) is 11.1 Å². The van der Waals surface area contributed by atoms with E-state index in [2.05, 4.69) is 42.2 Å². The highest BCUT2D eigenvalue weighted by atomic mass is 16.7. The Balaban J connectivity index is 1.67. The van der Waals surface area contributed by atoms with Crippen molar-refractivity contribution in [2.45, 2.75) is 19.3 Å². The maximum atomic E-state index is 6.07. The van der Waals surface area contributed by atoms with Gasteiger partial charge >= 0.3 is 0 Å². The molecule has 1 aliphatic rings. The lowest BCUT2D eigenvalue weighted by Gasteiger charge is -2.30. The number of aromatic nitrogens is 2. The summed E-state index contributed by atoms with van der Waals surface area (Å²) < 4.78 is 19.4. The van der Waals surface area contributed by atoms with Crippen molar-refractivity contribution in [3.05, 3.63) is 72.3 Å². The number of methoxy groups -OCH3 is 1. The number of nitrogens with zero attached hydrogens (tertiary/aromatic N) is 2. The van der Waals surface area contributed by atoms with Crippen LogP contribution in [-0.4, -0.2) is 29.9 Å². The Hall–Kier alpha value is -2.63. The zero-order valence-electron chi connectivity index (χ0n) is 15.0. The maximum absolute atomic E-state index is 6.07. The Bertz CT molecular complexity index is 867. The molecule has 134 valence electrons. The molecule has 4 rings (SSSR count). The fourth-order valence-corrected chi connectivity index (χ4v) is 3.46. The number of ether oxygens (including phenoxy) is 3. The van der Waals surface area contributed by atoms with E-state index >= 15 is 0 Å². The molecule has 0 unspecified atom stereocenters. The summed E-state index contributed by atoms with van der Waals surface area (Å²) in [5.41, 5.74) is 4.50. The Morgan fingerprint density at radius 2 is 1.81 bits per heavy atom. The van der Waals surface area contributed by atoms with E-state index in [0.717, 1.165) is 28.0 Å². The largest absolute Gasteiger partial charge is 0.497 e. The number of rotatable bonds is 5. The average Bonchev–Trinajstić information content (AvgIpc) is 3.35. The van der Waals surface area contributed by atoms with Crippen molar-refractivity contribution in [2.24, 2.45) is 0 Å². The second kappa shape index (κ2) is 6.94. The molecular formula is C21H22N2O3. The van der Waals surface area contributed by atoms with Gasteiger partial charge < -0.3 is 18.8 Å². The lowest BCUT2D eigenvalue weighted by atomic mass is 9.95. The molecule has 0 aliphatic carbocycles. The van der Waals surface area contributed by atoms with Crippen LogP contribution in [0.3, 0.4) is 0 Å². The van der Waals surface area contributed by atoms with Gasteiger partial charge in [-0.05, 0) is 35.7 Å². The fourth-order valence-electron chi connectivity index (χ4n) is 3.46. The first kappa shape index (κ1) is 16.8. The molecule has 0 N–H and O–H groups in total. The topological polar surface area (TPSA) is 45.5 Å². The normalized spacial score (nSPS) is 15.9. The van der Waals surface area contributed by atoms with Crippen molar-refractivity contribution < 1.29 is 14.2 Å². The molecule has 1 aliphatic heterocycles. The summed E-state index contributed by atoms with van der Waals surface area (Å²) in [4.78, 5) is 4.12. The van der Waals surface area contributed by atoms with Crippen molar-refractivity contribution in [3.8, 4) is 16.9 Å². The zero-order valence-corrected chi connectivity index (χ0v) is 15.0. The third-order valence-corrected chi connectivity index (χ3v) is 4.76. The predicted molar refractivity (Wildman–Crippen MR) is 99.0 cm³/mol. The Kier molecular flexibility index (Phi) is 4.49. The molecule has 5 heteroatoms. The van der Waals surface area contributed by atoms with E-state index in [1.165, 1.54) is 0 Å². The Morgan fingerprint density at radius 1 is 1.08 bits per heavy atom. The summed E-state index contributed by atoms with van der Waals surface area (Å²) in [5, 5.41) is 0. The average molecular weight is 350 g/mol. The predicted octanol–water partition coefficient (Wildman–Crippen LogP) is 3.77. The van der Waals surface area contributed by atoms with Crippen molar-refractivity contribution in [1.82, 2.24) is 9.55 Å². The fraction of sp³-hybridized carbons (Fsp3) is 0.286. The molecule has 2 heterocycles. The van der Waals surface area contributed by atoms with Gasteiger partial charge in [-0.2, -0.15) is 0 Å². The minimum absolute atomic E-state index is 0.579. The van der Waals surface area contributed by atoms with E-state index < -0.39 is 5.79 Å². The molecule has 2 aromatic carbocycles. The number of imidazole rings is 1. The van der Waals surface area contributed by atoms with E-state index in [1.807, 2.05) is 22.9 Å².